The number of aromatic nitrogens is 1. The SMILES string of the molecule is CC(=O)c1cncc(O[C@@H]2SC[C@@H](O)[C@H](O)[C@H]2O)c1. The number of Topliss-reactive ketones (excluding diaryl/α,β-unsaturated/α-hetero) is 1. The summed E-state index contributed by atoms with van der Waals surface area (Å²) in [5.74, 6) is 0.473. The van der Waals surface area contributed by atoms with Gasteiger partial charge >= 0.3 is 0 Å². The molecule has 2 rings (SSSR count). The van der Waals surface area contributed by atoms with Crippen LogP contribution >= 0.6 is 11.8 Å². The molecule has 7 heteroatoms. The molecule has 0 saturated carbocycles. The van der Waals surface area contributed by atoms with E-state index < -0.39 is 23.7 Å². The van der Waals surface area contributed by atoms with Gasteiger partial charge in [0, 0.05) is 17.5 Å². The molecule has 0 bridgehead atoms. The monoisotopic (exact) mass is 285 g/mol. The highest BCUT2D eigenvalue weighted by molar-refractivity contribution is 7.99. The fourth-order valence-corrected chi connectivity index (χ4v) is 2.81. The van der Waals surface area contributed by atoms with Crippen LogP contribution in [0, 0.1) is 0 Å². The van der Waals surface area contributed by atoms with Crippen LogP contribution in [0.25, 0.3) is 0 Å². The lowest BCUT2D eigenvalue weighted by Crippen LogP contribution is -2.50. The maximum atomic E-state index is 11.2. The molecule has 1 aliphatic rings. The van der Waals surface area contributed by atoms with E-state index in [2.05, 4.69) is 4.98 Å². The Hall–Kier alpha value is -1.15. The van der Waals surface area contributed by atoms with Crippen molar-refractivity contribution in [1.82, 2.24) is 4.98 Å². The number of carbonyl (C=O) groups is 1. The molecule has 19 heavy (non-hydrogen) atoms. The van der Waals surface area contributed by atoms with Crippen molar-refractivity contribution in [1.29, 1.82) is 0 Å². The van der Waals surface area contributed by atoms with E-state index in [0.29, 0.717) is 11.3 Å². The van der Waals surface area contributed by atoms with E-state index in [-0.39, 0.29) is 11.5 Å². The number of nitrogens with zero attached hydrogens (tertiary/aromatic N) is 1. The van der Waals surface area contributed by atoms with Gasteiger partial charge in [0.1, 0.15) is 18.0 Å². The molecule has 2 heterocycles. The largest absolute Gasteiger partial charge is 0.475 e. The summed E-state index contributed by atoms with van der Waals surface area (Å²) in [6, 6.07) is 1.53. The van der Waals surface area contributed by atoms with Gasteiger partial charge in [0.05, 0.1) is 12.3 Å². The number of aliphatic hydroxyl groups is 3. The third-order valence-corrected chi connectivity index (χ3v) is 4.06. The Morgan fingerprint density at radius 1 is 1.37 bits per heavy atom. The molecule has 1 aromatic rings. The molecule has 0 aromatic carbocycles. The summed E-state index contributed by atoms with van der Waals surface area (Å²) in [6.45, 7) is 1.42. The first-order chi connectivity index (χ1) is 8.99. The minimum absolute atomic E-state index is 0.134. The van der Waals surface area contributed by atoms with E-state index in [9.17, 15) is 20.1 Å². The number of pyridine rings is 1. The van der Waals surface area contributed by atoms with Crippen molar-refractivity contribution in [3.05, 3.63) is 24.0 Å². The second-order valence-electron chi connectivity index (χ2n) is 4.33. The number of thioether (sulfide) groups is 1. The molecule has 0 amide bonds. The Bertz CT molecular complexity index is 469. The number of aliphatic hydroxyl groups excluding tert-OH is 3. The summed E-state index contributed by atoms with van der Waals surface area (Å²) < 4.78 is 5.50. The number of ketones is 1. The lowest BCUT2D eigenvalue weighted by atomic mass is 10.1. The average molecular weight is 285 g/mol. The zero-order valence-electron chi connectivity index (χ0n) is 10.3. The van der Waals surface area contributed by atoms with Crippen LogP contribution in [0.4, 0.5) is 0 Å². The highest BCUT2D eigenvalue weighted by atomic mass is 32.2. The van der Waals surface area contributed by atoms with Crippen LogP contribution in [0.3, 0.4) is 0 Å². The Labute approximate surface area is 114 Å². The van der Waals surface area contributed by atoms with Gasteiger partial charge in [-0.1, -0.05) is 0 Å². The van der Waals surface area contributed by atoms with Crippen molar-refractivity contribution in [3.63, 3.8) is 0 Å². The van der Waals surface area contributed by atoms with E-state index in [0.717, 1.165) is 0 Å². The van der Waals surface area contributed by atoms with Crippen molar-refractivity contribution in [2.75, 3.05) is 5.75 Å². The first kappa shape index (κ1) is 14.3. The van der Waals surface area contributed by atoms with Gasteiger partial charge in [0.25, 0.3) is 0 Å². The molecule has 1 saturated heterocycles. The summed E-state index contributed by atoms with van der Waals surface area (Å²) in [6.07, 6.45) is -0.554. The Morgan fingerprint density at radius 3 is 2.79 bits per heavy atom. The van der Waals surface area contributed by atoms with Crippen LogP contribution < -0.4 is 4.74 Å². The topological polar surface area (TPSA) is 99.9 Å². The molecule has 1 fully saturated rings. The minimum atomic E-state index is -1.24. The van der Waals surface area contributed by atoms with Gasteiger partial charge in [-0.2, -0.15) is 0 Å². The molecule has 3 N–H and O–H groups in total. The van der Waals surface area contributed by atoms with E-state index >= 15 is 0 Å². The van der Waals surface area contributed by atoms with Crippen molar-refractivity contribution in [3.8, 4) is 5.75 Å². The molecule has 0 unspecified atom stereocenters. The molecule has 6 nitrogen and oxygen atoms in total. The highest BCUT2D eigenvalue weighted by Gasteiger charge is 2.38. The zero-order valence-corrected chi connectivity index (χ0v) is 11.1. The average Bonchev–Trinajstić information content (AvgIpc) is 2.40. The number of hydrogen-bond acceptors (Lipinski definition) is 7. The van der Waals surface area contributed by atoms with E-state index in [1.165, 1.54) is 37.1 Å². The van der Waals surface area contributed by atoms with Crippen molar-refractivity contribution >= 4 is 17.5 Å². The predicted molar refractivity (Wildman–Crippen MR) is 69.1 cm³/mol. The molecule has 104 valence electrons. The van der Waals surface area contributed by atoms with Gasteiger partial charge < -0.3 is 20.1 Å². The highest BCUT2D eigenvalue weighted by Crippen LogP contribution is 2.29. The van der Waals surface area contributed by atoms with Gasteiger partial charge in [-0.15, -0.1) is 11.8 Å². The molecular formula is C12H15NO5S. The Morgan fingerprint density at radius 2 is 2.11 bits per heavy atom. The zero-order chi connectivity index (χ0) is 14.0. The number of rotatable bonds is 3. The summed E-state index contributed by atoms with van der Waals surface area (Å²) >= 11 is 1.20. The van der Waals surface area contributed by atoms with Crippen molar-refractivity contribution in [2.45, 2.75) is 30.7 Å². The van der Waals surface area contributed by atoms with E-state index in [1.54, 1.807) is 0 Å². The number of carbonyl (C=O) groups excluding carboxylic acids is 1. The van der Waals surface area contributed by atoms with Crippen molar-refractivity contribution in [2.24, 2.45) is 0 Å². The molecule has 0 radical (unpaired) electrons. The third kappa shape index (κ3) is 3.24. The maximum Gasteiger partial charge on any atom is 0.173 e. The minimum Gasteiger partial charge on any atom is -0.475 e. The van der Waals surface area contributed by atoms with Crippen LogP contribution in [0.1, 0.15) is 17.3 Å². The Kier molecular flexibility index (Phi) is 4.41. The van der Waals surface area contributed by atoms with Crippen LogP contribution in [0.5, 0.6) is 5.75 Å². The quantitative estimate of drug-likeness (QED) is 0.662. The first-order valence-electron chi connectivity index (χ1n) is 5.77. The van der Waals surface area contributed by atoms with Crippen LogP contribution in [0.2, 0.25) is 0 Å². The smallest absolute Gasteiger partial charge is 0.173 e. The third-order valence-electron chi connectivity index (χ3n) is 2.83. The summed E-state index contributed by atoms with van der Waals surface area (Å²) in [5, 5.41) is 28.8. The molecule has 1 aliphatic heterocycles. The Balaban J connectivity index is 2.09. The van der Waals surface area contributed by atoms with Crippen molar-refractivity contribution < 1.29 is 24.9 Å². The van der Waals surface area contributed by atoms with Gasteiger partial charge in [-0.05, 0) is 13.0 Å². The van der Waals surface area contributed by atoms with Gasteiger partial charge in [-0.25, -0.2) is 0 Å². The fourth-order valence-electron chi connectivity index (χ4n) is 1.69. The lowest BCUT2D eigenvalue weighted by molar-refractivity contribution is -0.0786. The van der Waals surface area contributed by atoms with Crippen LogP contribution in [-0.2, 0) is 0 Å². The summed E-state index contributed by atoms with van der Waals surface area (Å²) in [5.41, 5.74) is -0.296. The summed E-state index contributed by atoms with van der Waals surface area (Å²) in [7, 11) is 0. The standard InChI is InChI=1S/C12H15NO5S/c1-6(14)7-2-8(4-13-3-7)18-12-11(17)10(16)9(15)5-19-12/h2-4,9-12,15-17H,5H2,1H3/t9-,10+,11-,12-/m1/s1. The maximum absolute atomic E-state index is 11.2. The van der Waals surface area contributed by atoms with Crippen LogP contribution in [-0.4, -0.2) is 55.6 Å². The molecule has 4 atom stereocenters. The van der Waals surface area contributed by atoms with Gasteiger partial charge in [0.15, 0.2) is 11.2 Å². The normalized spacial score (nSPS) is 30.9. The molecular weight excluding hydrogens is 270 g/mol. The lowest BCUT2D eigenvalue weighted by Gasteiger charge is -2.34. The van der Waals surface area contributed by atoms with Gasteiger partial charge in [0.2, 0.25) is 0 Å². The van der Waals surface area contributed by atoms with E-state index in [1.807, 2.05) is 0 Å². The van der Waals surface area contributed by atoms with E-state index in [4.69, 9.17) is 4.74 Å². The summed E-state index contributed by atoms with van der Waals surface area (Å²) in [4.78, 5) is 15.1. The fraction of sp³-hybridized carbons (Fsp3) is 0.500. The number of ether oxygens (including phenoxy) is 1. The number of hydrogen-bond donors (Lipinski definition) is 3. The van der Waals surface area contributed by atoms with Gasteiger partial charge in [-0.3, -0.25) is 9.78 Å². The molecule has 0 spiro atoms. The predicted octanol–water partition coefficient (Wildman–Crippen LogP) is -0.181. The first-order valence-corrected chi connectivity index (χ1v) is 6.82. The second-order valence-corrected chi connectivity index (χ2v) is 5.46. The molecule has 1 aromatic heterocycles. The second kappa shape index (κ2) is 5.87. The van der Waals surface area contributed by atoms with Crippen LogP contribution in [0.15, 0.2) is 18.5 Å². The molecule has 0 aliphatic carbocycles.